The Morgan fingerprint density at radius 1 is 0.287 bits per heavy atom. The van der Waals surface area contributed by atoms with E-state index >= 15 is 0 Å². The van der Waals surface area contributed by atoms with Crippen LogP contribution in [0.25, 0.3) is 109 Å². The summed E-state index contributed by atoms with van der Waals surface area (Å²) >= 11 is 0. The van der Waals surface area contributed by atoms with Crippen LogP contribution in [0, 0.1) is 27.7 Å². The van der Waals surface area contributed by atoms with Crippen molar-refractivity contribution < 1.29 is 17.7 Å². The Balaban J connectivity index is 0.843. The third kappa shape index (κ3) is 7.24. The number of para-hydroxylation sites is 6. The van der Waals surface area contributed by atoms with E-state index in [1.54, 1.807) is 0 Å². The zero-order chi connectivity index (χ0) is 54.7. The Bertz CT molecular complexity index is 4750. The molecule has 4 heterocycles. The van der Waals surface area contributed by atoms with Crippen molar-refractivity contribution in [1.29, 1.82) is 0 Å². The predicted molar refractivity (Wildman–Crippen MR) is 336 cm³/mol. The Labute approximate surface area is 464 Å². The van der Waals surface area contributed by atoms with E-state index in [2.05, 4.69) is 261 Å². The number of furan rings is 4. The van der Waals surface area contributed by atoms with E-state index in [0.717, 1.165) is 143 Å². The van der Waals surface area contributed by atoms with Crippen molar-refractivity contribution in [3.05, 3.63) is 215 Å². The van der Waals surface area contributed by atoms with Crippen LogP contribution in [-0.2, 0) is 10.8 Å². The number of hydrogen-bond donors (Lipinski definition) is 0. The van der Waals surface area contributed by atoms with Crippen LogP contribution < -0.4 is 9.80 Å². The molecule has 80 heavy (non-hydrogen) atoms. The second-order valence-electron chi connectivity index (χ2n) is 24.3. The summed E-state index contributed by atoms with van der Waals surface area (Å²) in [5.74, 6) is 0. The van der Waals surface area contributed by atoms with Gasteiger partial charge in [-0.1, -0.05) is 151 Å². The first-order valence-electron chi connectivity index (χ1n) is 27.9. The van der Waals surface area contributed by atoms with Crippen LogP contribution in [0.15, 0.2) is 200 Å². The maximum Gasteiger partial charge on any atom is 0.159 e. The lowest BCUT2D eigenvalue weighted by molar-refractivity contribution is 0.572. The SMILES string of the molecule is Cc1cccc(C)c1N(c1ccc2cc3c(cc2c1)oc1cc2oc4cc5cc(N(c6c(C)cccc6C)c6cccc7c6oc6c(C(C)(C)C)cccc67)ccc5cc4c2cc13)c1cccc2c1oc1c(C(C)(C)C)cccc12. The van der Waals surface area contributed by atoms with Gasteiger partial charge >= 0.3 is 0 Å². The lowest BCUT2D eigenvalue weighted by Crippen LogP contribution is -2.13. The third-order valence-electron chi connectivity index (χ3n) is 16.9. The molecule has 0 amide bonds. The zero-order valence-electron chi connectivity index (χ0n) is 46.8. The van der Waals surface area contributed by atoms with Gasteiger partial charge in [-0.05, 0) is 149 Å². The van der Waals surface area contributed by atoms with Crippen molar-refractivity contribution in [2.24, 2.45) is 0 Å². The number of anilines is 6. The molecule has 15 rings (SSSR count). The molecular formula is C74H60N2O4. The molecule has 0 saturated heterocycles. The molecule has 0 radical (unpaired) electrons. The minimum atomic E-state index is -0.0867. The Morgan fingerprint density at radius 2 is 0.637 bits per heavy atom. The van der Waals surface area contributed by atoms with Crippen LogP contribution in [-0.4, -0.2) is 0 Å². The monoisotopic (exact) mass is 1040 g/mol. The number of nitrogens with zero attached hydrogens (tertiary/aromatic N) is 2. The van der Waals surface area contributed by atoms with Gasteiger partial charge in [-0.3, -0.25) is 0 Å². The highest BCUT2D eigenvalue weighted by molar-refractivity contribution is 6.19. The van der Waals surface area contributed by atoms with Gasteiger partial charge in [-0.2, -0.15) is 0 Å². The summed E-state index contributed by atoms with van der Waals surface area (Å²) < 4.78 is 27.6. The fourth-order valence-corrected chi connectivity index (χ4v) is 13.0. The number of aryl methyl sites for hydroxylation is 4. The van der Waals surface area contributed by atoms with E-state index in [1.807, 2.05) is 0 Å². The topological polar surface area (TPSA) is 59.0 Å². The summed E-state index contributed by atoms with van der Waals surface area (Å²) in [5, 5.41) is 13.1. The van der Waals surface area contributed by atoms with E-state index < -0.39 is 0 Å². The maximum absolute atomic E-state index is 7.01. The molecule has 0 aliphatic rings. The quantitative estimate of drug-likeness (QED) is 0.165. The predicted octanol–water partition coefficient (Wildman–Crippen LogP) is 22.4. The number of rotatable bonds is 6. The van der Waals surface area contributed by atoms with Crippen molar-refractivity contribution in [2.45, 2.75) is 80.1 Å². The van der Waals surface area contributed by atoms with Gasteiger partial charge in [-0.25, -0.2) is 0 Å². The fourth-order valence-electron chi connectivity index (χ4n) is 13.0. The van der Waals surface area contributed by atoms with Crippen molar-refractivity contribution in [1.82, 2.24) is 0 Å². The van der Waals surface area contributed by atoms with Gasteiger partial charge in [0.2, 0.25) is 0 Å². The molecule has 6 nitrogen and oxygen atoms in total. The van der Waals surface area contributed by atoms with Gasteiger partial charge in [0.25, 0.3) is 0 Å². The first-order valence-corrected chi connectivity index (χ1v) is 27.9. The van der Waals surface area contributed by atoms with Crippen molar-refractivity contribution in [3.8, 4) is 0 Å². The normalized spacial score (nSPS) is 12.6. The highest BCUT2D eigenvalue weighted by atomic mass is 16.3. The Kier molecular flexibility index (Phi) is 10.3. The molecule has 15 aromatic rings. The molecule has 0 unspecified atom stereocenters. The van der Waals surface area contributed by atoms with Crippen molar-refractivity contribution in [2.75, 3.05) is 9.80 Å². The average molecular weight is 1040 g/mol. The summed E-state index contributed by atoms with van der Waals surface area (Å²) in [6.45, 7) is 22.3. The third-order valence-corrected chi connectivity index (χ3v) is 16.9. The van der Waals surface area contributed by atoms with Crippen LogP contribution in [0.2, 0.25) is 0 Å². The lowest BCUT2D eigenvalue weighted by Gasteiger charge is -2.29. The molecule has 0 spiro atoms. The van der Waals surface area contributed by atoms with Crippen molar-refractivity contribution >= 4 is 143 Å². The second-order valence-corrected chi connectivity index (χ2v) is 24.3. The summed E-state index contributed by atoms with van der Waals surface area (Å²) in [7, 11) is 0. The van der Waals surface area contributed by atoms with Gasteiger partial charge in [0, 0.05) is 71.7 Å². The highest BCUT2D eigenvalue weighted by Gasteiger charge is 2.28. The van der Waals surface area contributed by atoms with E-state index in [1.165, 1.54) is 33.4 Å². The van der Waals surface area contributed by atoms with E-state index in [4.69, 9.17) is 17.7 Å². The average Bonchev–Trinajstić information content (AvgIpc) is 4.20. The van der Waals surface area contributed by atoms with Crippen molar-refractivity contribution in [3.63, 3.8) is 0 Å². The number of fused-ring (bicyclic) bond motifs is 14. The maximum atomic E-state index is 7.01. The standard InChI is InChI=1S/C74H60N2O4/c1-41-17-11-18-42(2)67(41)75(61-27-15-23-53-51-21-13-25-59(73(5,6)7)69(51)79-71(53)61)49-31-29-45-35-55-57-39-58-56-36-46-30-32-50(34-48(46)38-64(56)78-66(58)40-65(57)77-63(55)37-47(45)33-49)76(68-43(3)19-12-20-44(68)4)62-28-16-24-54-52-22-14-26-60(74(8,9)10)70(52)80-72(54)62/h11-40H,1-10H3. The molecule has 0 saturated carbocycles. The zero-order valence-corrected chi connectivity index (χ0v) is 46.8. The highest BCUT2D eigenvalue weighted by Crippen LogP contribution is 2.50. The molecular weight excluding hydrogens is 981 g/mol. The van der Waals surface area contributed by atoms with Crippen LogP contribution in [0.1, 0.15) is 74.9 Å². The van der Waals surface area contributed by atoms with Gasteiger partial charge < -0.3 is 27.5 Å². The smallest absolute Gasteiger partial charge is 0.159 e. The van der Waals surface area contributed by atoms with E-state index in [0.29, 0.717) is 0 Å². The van der Waals surface area contributed by atoms with Gasteiger partial charge in [0.15, 0.2) is 11.2 Å². The Morgan fingerprint density at radius 3 is 1.04 bits per heavy atom. The first kappa shape index (κ1) is 47.9. The molecule has 0 atom stereocenters. The molecule has 0 aliphatic carbocycles. The van der Waals surface area contributed by atoms with Crippen LogP contribution in [0.5, 0.6) is 0 Å². The minimum absolute atomic E-state index is 0.0867. The minimum Gasteiger partial charge on any atom is -0.456 e. The molecule has 0 bridgehead atoms. The van der Waals surface area contributed by atoms with E-state index in [9.17, 15) is 0 Å². The molecule has 4 aromatic heterocycles. The molecule has 6 heteroatoms. The molecule has 0 fully saturated rings. The van der Waals surface area contributed by atoms with Gasteiger partial charge in [0.05, 0.1) is 22.7 Å². The first-order chi connectivity index (χ1) is 38.6. The summed E-state index contributed by atoms with van der Waals surface area (Å²) in [6, 6.07) is 66.0. The summed E-state index contributed by atoms with van der Waals surface area (Å²) in [5.41, 5.74) is 20.1. The molecule has 11 aromatic carbocycles. The van der Waals surface area contributed by atoms with Crippen LogP contribution in [0.3, 0.4) is 0 Å². The van der Waals surface area contributed by atoms with Gasteiger partial charge in [0.1, 0.15) is 33.5 Å². The largest absolute Gasteiger partial charge is 0.456 e. The van der Waals surface area contributed by atoms with Crippen LogP contribution >= 0.6 is 0 Å². The lowest BCUT2D eigenvalue weighted by atomic mass is 9.86. The molecule has 0 aliphatic heterocycles. The van der Waals surface area contributed by atoms with E-state index in [-0.39, 0.29) is 10.8 Å². The number of hydrogen-bond acceptors (Lipinski definition) is 6. The van der Waals surface area contributed by atoms with Crippen LogP contribution in [0.4, 0.5) is 34.1 Å². The Hall–Kier alpha value is -9.26. The second kappa shape index (κ2) is 17.1. The molecule has 390 valence electrons. The summed E-state index contributed by atoms with van der Waals surface area (Å²) in [6.07, 6.45) is 0. The summed E-state index contributed by atoms with van der Waals surface area (Å²) in [4.78, 5) is 4.76. The van der Waals surface area contributed by atoms with Gasteiger partial charge in [-0.15, -0.1) is 0 Å². The molecule has 0 N–H and O–H groups in total. The number of benzene rings is 11. The fraction of sp³-hybridized carbons (Fsp3) is 0.162.